The third-order valence-corrected chi connectivity index (χ3v) is 5.76. The van der Waals surface area contributed by atoms with Crippen molar-refractivity contribution in [1.29, 1.82) is 0 Å². The van der Waals surface area contributed by atoms with Crippen LogP contribution < -0.4 is 15.0 Å². The van der Waals surface area contributed by atoms with Crippen molar-refractivity contribution in [2.24, 2.45) is 0 Å². The molecule has 0 atom stereocenters. The largest absolute Gasteiger partial charge is 0.482 e. The van der Waals surface area contributed by atoms with Gasteiger partial charge in [-0.25, -0.2) is 4.98 Å². The lowest BCUT2D eigenvalue weighted by molar-refractivity contribution is -0.123. The van der Waals surface area contributed by atoms with Gasteiger partial charge in [-0.05, 0) is 50.1 Å². The molecular formula is C23H23N3O3S. The maximum atomic E-state index is 12.6. The minimum atomic E-state index is -0.260. The van der Waals surface area contributed by atoms with Crippen LogP contribution in [0.15, 0.2) is 47.8 Å². The van der Waals surface area contributed by atoms with Crippen molar-refractivity contribution in [3.63, 3.8) is 0 Å². The van der Waals surface area contributed by atoms with E-state index in [2.05, 4.69) is 17.2 Å². The SMILES string of the molecule is CCCc1nc(-c2ccc3c(c2)N(CC(=O)Nc2ccc(C)cc2)C(=O)CO3)cs1. The summed E-state index contributed by atoms with van der Waals surface area (Å²) in [5.74, 6) is 0.0819. The Labute approximate surface area is 179 Å². The third-order valence-electron chi connectivity index (χ3n) is 4.85. The summed E-state index contributed by atoms with van der Waals surface area (Å²) < 4.78 is 5.57. The van der Waals surface area contributed by atoms with E-state index in [9.17, 15) is 9.59 Å². The zero-order chi connectivity index (χ0) is 21.1. The number of thiazole rings is 1. The van der Waals surface area contributed by atoms with Gasteiger partial charge < -0.3 is 10.1 Å². The number of rotatable bonds is 6. The fraction of sp³-hybridized carbons (Fsp3) is 0.261. The number of carbonyl (C=O) groups excluding carboxylic acids is 2. The van der Waals surface area contributed by atoms with Gasteiger partial charge in [-0.15, -0.1) is 11.3 Å². The molecule has 0 radical (unpaired) electrons. The Bertz CT molecular complexity index is 1080. The number of aryl methyl sites for hydroxylation is 2. The minimum Gasteiger partial charge on any atom is -0.482 e. The molecule has 0 spiro atoms. The van der Waals surface area contributed by atoms with E-state index in [0.717, 1.165) is 34.7 Å². The molecule has 30 heavy (non-hydrogen) atoms. The lowest BCUT2D eigenvalue weighted by Crippen LogP contribution is -2.43. The van der Waals surface area contributed by atoms with Crippen LogP contribution in [0.25, 0.3) is 11.3 Å². The maximum Gasteiger partial charge on any atom is 0.265 e. The Morgan fingerprint density at radius 3 is 2.80 bits per heavy atom. The number of ether oxygens (including phenoxy) is 1. The van der Waals surface area contributed by atoms with Gasteiger partial charge in [-0.1, -0.05) is 24.6 Å². The molecule has 0 saturated carbocycles. The molecule has 1 aliphatic rings. The molecule has 0 aliphatic carbocycles. The molecule has 1 aliphatic heterocycles. The summed E-state index contributed by atoms with van der Waals surface area (Å²) in [6.07, 6.45) is 1.99. The van der Waals surface area contributed by atoms with Crippen molar-refractivity contribution in [3.05, 3.63) is 58.4 Å². The standard InChI is InChI=1S/C23H23N3O3S/c1-3-4-22-25-18(14-30-22)16-7-10-20-19(11-16)26(23(28)13-29-20)12-21(27)24-17-8-5-15(2)6-9-17/h5-11,14H,3-4,12-13H2,1-2H3,(H,24,27). The average molecular weight is 422 g/mol. The first-order chi connectivity index (χ1) is 14.5. The molecule has 1 N–H and O–H groups in total. The molecule has 6 nitrogen and oxygen atoms in total. The highest BCUT2D eigenvalue weighted by atomic mass is 32.1. The van der Waals surface area contributed by atoms with Crippen molar-refractivity contribution in [1.82, 2.24) is 4.98 Å². The minimum absolute atomic E-state index is 0.0787. The van der Waals surface area contributed by atoms with Gasteiger partial charge in [-0.3, -0.25) is 14.5 Å². The highest BCUT2D eigenvalue weighted by molar-refractivity contribution is 7.09. The summed E-state index contributed by atoms with van der Waals surface area (Å²) in [5.41, 5.74) is 4.17. The molecule has 0 bridgehead atoms. The Hall–Kier alpha value is -3.19. The molecular weight excluding hydrogens is 398 g/mol. The van der Waals surface area contributed by atoms with Crippen molar-refractivity contribution < 1.29 is 14.3 Å². The molecule has 3 aromatic rings. The Balaban J connectivity index is 1.56. The van der Waals surface area contributed by atoms with Crippen molar-refractivity contribution in [3.8, 4) is 17.0 Å². The first-order valence-electron chi connectivity index (χ1n) is 9.92. The second-order valence-electron chi connectivity index (χ2n) is 7.24. The third kappa shape index (κ3) is 4.36. The van der Waals surface area contributed by atoms with Crippen LogP contribution in [-0.2, 0) is 16.0 Å². The Morgan fingerprint density at radius 1 is 1.23 bits per heavy atom. The van der Waals surface area contributed by atoms with Crippen LogP contribution in [0.3, 0.4) is 0 Å². The van der Waals surface area contributed by atoms with Crippen LogP contribution in [0.1, 0.15) is 23.9 Å². The van der Waals surface area contributed by atoms with Crippen LogP contribution in [-0.4, -0.2) is 29.9 Å². The summed E-state index contributed by atoms with van der Waals surface area (Å²) in [7, 11) is 0. The van der Waals surface area contributed by atoms with Crippen LogP contribution in [0, 0.1) is 6.92 Å². The van der Waals surface area contributed by atoms with Crippen LogP contribution in [0.2, 0.25) is 0 Å². The summed E-state index contributed by atoms with van der Waals surface area (Å²) in [4.78, 5) is 31.3. The van der Waals surface area contributed by atoms with E-state index >= 15 is 0 Å². The van der Waals surface area contributed by atoms with E-state index in [1.165, 1.54) is 4.90 Å². The second kappa shape index (κ2) is 8.67. The normalized spacial score (nSPS) is 13.0. The van der Waals surface area contributed by atoms with Gasteiger partial charge in [-0.2, -0.15) is 0 Å². The van der Waals surface area contributed by atoms with E-state index in [0.29, 0.717) is 17.1 Å². The lowest BCUT2D eigenvalue weighted by atomic mass is 10.1. The van der Waals surface area contributed by atoms with Crippen LogP contribution in [0.5, 0.6) is 5.75 Å². The van der Waals surface area contributed by atoms with Crippen molar-refractivity contribution in [2.45, 2.75) is 26.7 Å². The second-order valence-corrected chi connectivity index (χ2v) is 8.18. The molecule has 0 fully saturated rings. The van der Waals surface area contributed by atoms with Gasteiger partial charge in [0, 0.05) is 16.6 Å². The van der Waals surface area contributed by atoms with Gasteiger partial charge in [0.1, 0.15) is 12.3 Å². The molecule has 7 heteroatoms. The summed E-state index contributed by atoms with van der Waals surface area (Å²) in [5, 5.41) is 5.96. The fourth-order valence-electron chi connectivity index (χ4n) is 3.29. The molecule has 1 aromatic heterocycles. The molecule has 0 saturated heterocycles. The predicted octanol–water partition coefficient (Wildman–Crippen LogP) is 4.44. The van der Waals surface area contributed by atoms with E-state index in [-0.39, 0.29) is 25.0 Å². The van der Waals surface area contributed by atoms with Gasteiger partial charge in [0.2, 0.25) is 5.91 Å². The smallest absolute Gasteiger partial charge is 0.265 e. The first-order valence-corrected chi connectivity index (χ1v) is 10.8. The van der Waals surface area contributed by atoms with E-state index in [1.54, 1.807) is 11.3 Å². The molecule has 4 rings (SSSR count). The number of fused-ring (bicyclic) bond motifs is 1. The molecule has 2 heterocycles. The van der Waals surface area contributed by atoms with Crippen molar-refractivity contribution >= 4 is 34.5 Å². The Kier molecular flexibility index (Phi) is 5.81. The monoisotopic (exact) mass is 421 g/mol. The number of aromatic nitrogens is 1. The highest BCUT2D eigenvalue weighted by Gasteiger charge is 2.28. The van der Waals surface area contributed by atoms with Gasteiger partial charge in [0.15, 0.2) is 6.61 Å². The lowest BCUT2D eigenvalue weighted by Gasteiger charge is -2.29. The van der Waals surface area contributed by atoms with E-state index in [1.807, 2.05) is 54.8 Å². The summed E-state index contributed by atoms with van der Waals surface area (Å²) in [6, 6.07) is 13.2. The number of benzene rings is 2. The van der Waals surface area contributed by atoms with E-state index < -0.39 is 0 Å². The maximum absolute atomic E-state index is 12.6. The number of amides is 2. The molecule has 2 aromatic carbocycles. The molecule has 0 unspecified atom stereocenters. The summed E-state index contributed by atoms with van der Waals surface area (Å²) in [6.45, 7) is 3.95. The fourth-order valence-corrected chi connectivity index (χ4v) is 4.20. The zero-order valence-electron chi connectivity index (χ0n) is 17.0. The first kappa shape index (κ1) is 20.1. The number of carbonyl (C=O) groups is 2. The van der Waals surface area contributed by atoms with Gasteiger partial charge in [0.25, 0.3) is 5.91 Å². The highest BCUT2D eigenvalue weighted by Crippen LogP contribution is 2.36. The zero-order valence-corrected chi connectivity index (χ0v) is 17.8. The van der Waals surface area contributed by atoms with Gasteiger partial charge >= 0.3 is 0 Å². The van der Waals surface area contributed by atoms with Crippen molar-refractivity contribution in [2.75, 3.05) is 23.4 Å². The number of nitrogens with zero attached hydrogens (tertiary/aromatic N) is 2. The predicted molar refractivity (Wildman–Crippen MR) is 119 cm³/mol. The quantitative estimate of drug-likeness (QED) is 0.639. The Morgan fingerprint density at radius 2 is 2.03 bits per heavy atom. The topological polar surface area (TPSA) is 71.5 Å². The van der Waals surface area contributed by atoms with Crippen LogP contribution >= 0.6 is 11.3 Å². The average Bonchev–Trinajstić information content (AvgIpc) is 3.20. The molecule has 2 amide bonds. The number of nitrogens with one attached hydrogen (secondary N) is 1. The van der Waals surface area contributed by atoms with Crippen LogP contribution in [0.4, 0.5) is 11.4 Å². The number of hydrogen-bond acceptors (Lipinski definition) is 5. The van der Waals surface area contributed by atoms with Gasteiger partial charge in [0.05, 0.1) is 16.4 Å². The number of anilines is 2. The van der Waals surface area contributed by atoms with E-state index in [4.69, 9.17) is 4.74 Å². The number of hydrogen-bond donors (Lipinski definition) is 1. The summed E-state index contributed by atoms with van der Waals surface area (Å²) >= 11 is 1.63. The molecule has 154 valence electrons.